The van der Waals surface area contributed by atoms with Crippen molar-refractivity contribution >= 4 is 85.3 Å². The van der Waals surface area contributed by atoms with Gasteiger partial charge in [0.25, 0.3) is 0 Å². The van der Waals surface area contributed by atoms with E-state index in [1.54, 1.807) is 0 Å². The van der Waals surface area contributed by atoms with Crippen LogP contribution in [0.2, 0.25) is 0 Å². The van der Waals surface area contributed by atoms with Crippen LogP contribution in [0, 0.1) is 11.3 Å². The van der Waals surface area contributed by atoms with Gasteiger partial charge in [0.1, 0.15) is 0 Å². The van der Waals surface area contributed by atoms with Gasteiger partial charge in [-0.15, -0.1) is 46.4 Å². The van der Waals surface area contributed by atoms with Gasteiger partial charge in [-0.1, -0.05) is 30.1 Å². The van der Waals surface area contributed by atoms with E-state index in [9.17, 15) is 18.9 Å². The topological polar surface area (TPSA) is 102 Å². The Morgan fingerprint density at radius 2 is 1.29 bits per heavy atom. The van der Waals surface area contributed by atoms with Crippen LogP contribution in [0.25, 0.3) is 0 Å². The minimum atomic E-state index is -5.19. The van der Waals surface area contributed by atoms with Crippen LogP contribution in [0.15, 0.2) is 0 Å². The lowest BCUT2D eigenvalue weighted by Crippen LogP contribution is -2.62. The fraction of sp³-hybridized carbons (Fsp3) is 1.00. The first-order valence-corrected chi connectivity index (χ1v) is 14.0. The average molecular weight is 565 g/mol. The summed E-state index contributed by atoms with van der Waals surface area (Å²) in [7, 11) is -10.3. The maximum atomic E-state index is 12.5. The third-order valence-corrected chi connectivity index (χ3v) is 9.71. The standard InChI is InChI=1S/C13H22Cl6O7P2/c1-11(10(2-6-14)3-7-15)12(4-8-16,5-9-17)24-27(20,21)26-28(22,23)25-13(11,18)19/h10H,2-9H2,1H3,(H,20,21)(H,22,23). The first-order chi connectivity index (χ1) is 12.8. The van der Waals surface area contributed by atoms with Crippen molar-refractivity contribution in [2.75, 3.05) is 23.5 Å². The molecule has 3 atom stereocenters. The van der Waals surface area contributed by atoms with E-state index in [0.717, 1.165) is 0 Å². The highest BCUT2D eigenvalue weighted by molar-refractivity contribution is 7.61. The third kappa shape index (κ3) is 6.07. The molecule has 7 nitrogen and oxygen atoms in total. The Bertz CT molecular complexity index is 612. The number of rotatable bonds is 9. The Kier molecular flexibility index (Phi) is 10.8. The molecule has 0 aliphatic carbocycles. The molecule has 0 saturated carbocycles. The molecule has 15 heteroatoms. The number of phosphoric ester groups is 2. The van der Waals surface area contributed by atoms with Gasteiger partial charge < -0.3 is 9.79 Å². The van der Waals surface area contributed by atoms with E-state index < -0.39 is 37.1 Å². The monoisotopic (exact) mass is 562 g/mol. The lowest BCUT2D eigenvalue weighted by atomic mass is 9.61. The van der Waals surface area contributed by atoms with Gasteiger partial charge >= 0.3 is 15.6 Å². The molecule has 1 heterocycles. The second-order valence-corrected chi connectivity index (χ2v) is 12.1. The summed E-state index contributed by atoms with van der Waals surface area (Å²) in [5, 5.41) is 0. The first kappa shape index (κ1) is 28.0. The molecule has 1 aliphatic rings. The predicted octanol–water partition coefficient (Wildman–Crippen LogP) is 6.26. The van der Waals surface area contributed by atoms with E-state index >= 15 is 0 Å². The van der Waals surface area contributed by atoms with E-state index in [0.29, 0.717) is 0 Å². The number of alkyl halides is 6. The Balaban J connectivity index is 3.84. The van der Waals surface area contributed by atoms with E-state index in [1.165, 1.54) is 6.92 Å². The summed E-state index contributed by atoms with van der Waals surface area (Å²) in [5.74, 6) is -0.336. The highest BCUT2D eigenvalue weighted by Gasteiger charge is 2.69. The molecule has 3 unspecified atom stereocenters. The molecule has 0 spiro atoms. The van der Waals surface area contributed by atoms with Crippen LogP contribution in [0.1, 0.15) is 32.6 Å². The molecule has 1 saturated heterocycles. The summed E-state index contributed by atoms with van der Waals surface area (Å²) in [6, 6.07) is 0. The zero-order chi connectivity index (χ0) is 21.9. The molecule has 0 amide bonds. The van der Waals surface area contributed by atoms with Crippen molar-refractivity contribution in [2.24, 2.45) is 11.3 Å². The van der Waals surface area contributed by atoms with E-state index in [-0.39, 0.29) is 49.2 Å². The van der Waals surface area contributed by atoms with Gasteiger partial charge in [0.15, 0.2) is 0 Å². The molecule has 1 rings (SSSR count). The lowest BCUT2D eigenvalue weighted by Gasteiger charge is -2.57. The second-order valence-electron chi connectivity index (χ2n) is 6.44. The highest BCUT2D eigenvalue weighted by atomic mass is 35.5. The Labute approximate surface area is 194 Å². The fourth-order valence-corrected chi connectivity index (χ4v) is 8.54. The van der Waals surface area contributed by atoms with Crippen molar-refractivity contribution < 1.29 is 32.3 Å². The summed E-state index contributed by atoms with van der Waals surface area (Å²) in [5.41, 5.74) is -3.27. The Morgan fingerprint density at radius 3 is 1.68 bits per heavy atom. The highest BCUT2D eigenvalue weighted by Crippen LogP contribution is 2.73. The molecular weight excluding hydrogens is 543 g/mol. The first-order valence-electron chi connectivity index (χ1n) is 8.16. The fourth-order valence-electron chi connectivity index (χ4n) is 3.62. The van der Waals surface area contributed by atoms with Gasteiger partial charge in [-0.25, -0.2) is 13.7 Å². The van der Waals surface area contributed by atoms with Crippen LogP contribution in [-0.2, 0) is 22.5 Å². The predicted molar refractivity (Wildman–Crippen MR) is 113 cm³/mol. The molecule has 1 fully saturated rings. The number of halogens is 6. The van der Waals surface area contributed by atoms with Crippen LogP contribution < -0.4 is 0 Å². The van der Waals surface area contributed by atoms with Crippen molar-refractivity contribution in [3.8, 4) is 0 Å². The smallest absolute Gasteiger partial charge is 0.302 e. The number of hydrogen-bond donors (Lipinski definition) is 2. The summed E-state index contributed by atoms with van der Waals surface area (Å²) < 4.78 is 37.0. The van der Waals surface area contributed by atoms with Crippen molar-refractivity contribution in [3.63, 3.8) is 0 Å². The quantitative estimate of drug-likeness (QED) is 0.252. The summed E-state index contributed by atoms with van der Waals surface area (Å²) in [4.78, 5) is 20.0. The van der Waals surface area contributed by atoms with Gasteiger partial charge in [0.2, 0.25) is 4.52 Å². The maximum absolute atomic E-state index is 12.5. The van der Waals surface area contributed by atoms with E-state index in [2.05, 4.69) is 4.31 Å². The average Bonchev–Trinajstić information content (AvgIpc) is 2.50. The van der Waals surface area contributed by atoms with Crippen LogP contribution in [0.3, 0.4) is 0 Å². The van der Waals surface area contributed by atoms with Crippen LogP contribution in [0.4, 0.5) is 0 Å². The maximum Gasteiger partial charge on any atom is 0.483 e. The molecule has 1 aliphatic heterocycles. The molecule has 28 heavy (non-hydrogen) atoms. The van der Waals surface area contributed by atoms with Gasteiger partial charge in [-0.05, 0) is 31.6 Å². The van der Waals surface area contributed by atoms with Gasteiger partial charge in [0, 0.05) is 23.5 Å². The van der Waals surface area contributed by atoms with Crippen molar-refractivity contribution in [3.05, 3.63) is 0 Å². The zero-order valence-electron chi connectivity index (χ0n) is 14.8. The van der Waals surface area contributed by atoms with Crippen LogP contribution >= 0.6 is 85.3 Å². The normalized spacial score (nSPS) is 35.5. The van der Waals surface area contributed by atoms with Gasteiger partial charge in [0.05, 0.1) is 11.0 Å². The summed E-state index contributed by atoms with van der Waals surface area (Å²) >= 11 is 36.7. The lowest BCUT2D eigenvalue weighted by molar-refractivity contribution is -0.158. The van der Waals surface area contributed by atoms with Crippen molar-refractivity contribution in [1.82, 2.24) is 0 Å². The zero-order valence-corrected chi connectivity index (χ0v) is 21.2. The van der Waals surface area contributed by atoms with E-state index in [1.807, 2.05) is 0 Å². The van der Waals surface area contributed by atoms with Gasteiger partial charge in [-0.3, -0.25) is 4.52 Å². The molecule has 0 radical (unpaired) electrons. The molecule has 168 valence electrons. The minimum absolute atomic E-state index is 0.0401. The SMILES string of the molecule is CC1(C(CCCl)CCCl)C(Cl)(Cl)OP(=O)(O)OP(=O)(O)OC1(CCCl)CCCl. The molecule has 0 aromatic rings. The van der Waals surface area contributed by atoms with Crippen LogP contribution in [-0.4, -0.2) is 43.4 Å². The third-order valence-electron chi connectivity index (χ3n) is 5.01. The Hall–Kier alpha value is 2.00. The van der Waals surface area contributed by atoms with E-state index in [4.69, 9.17) is 78.7 Å². The summed E-state index contributed by atoms with van der Waals surface area (Å²) in [6.07, 6.45) is 0.481. The molecule has 0 aromatic carbocycles. The van der Waals surface area contributed by atoms with Gasteiger partial charge in [-0.2, -0.15) is 4.31 Å². The van der Waals surface area contributed by atoms with Crippen molar-refractivity contribution in [2.45, 2.75) is 42.7 Å². The second kappa shape index (κ2) is 10.7. The minimum Gasteiger partial charge on any atom is -0.302 e. The molecule has 0 aromatic heterocycles. The molecule has 2 N–H and O–H groups in total. The number of phosphoric acid groups is 2. The van der Waals surface area contributed by atoms with Crippen LogP contribution in [0.5, 0.6) is 0 Å². The Morgan fingerprint density at radius 1 is 0.857 bits per heavy atom. The van der Waals surface area contributed by atoms with Crippen molar-refractivity contribution in [1.29, 1.82) is 0 Å². The number of hydrogen-bond acceptors (Lipinski definition) is 5. The molecular formula is C13H22Cl6O7P2. The molecule has 0 bridgehead atoms. The largest absolute Gasteiger partial charge is 0.483 e. The summed E-state index contributed by atoms with van der Waals surface area (Å²) in [6.45, 7) is 1.50.